The van der Waals surface area contributed by atoms with Gasteiger partial charge in [-0.3, -0.25) is 0 Å². The van der Waals surface area contributed by atoms with Gasteiger partial charge >= 0.3 is 0 Å². The molecule has 0 radical (unpaired) electrons. The van der Waals surface area contributed by atoms with Crippen molar-refractivity contribution in [2.75, 3.05) is 0 Å². The van der Waals surface area contributed by atoms with Gasteiger partial charge in [0.15, 0.2) is 0 Å². The molecule has 0 aromatic heterocycles. The minimum Gasteiger partial charge on any atom is -0.0999 e. The summed E-state index contributed by atoms with van der Waals surface area (Å²) in [6, 6.07) is 0. The van der Waals surface area contributed by atoms with E-state index in [1.807, 2.05) is 0 Å². The molecule has 0 saturated carbocycles. The van der Waals surface area contributed by atoms with E-state index in [2.05, 4.69) is 62.0 Å². The molecule has 0 rings (SSSR count). The Morgan fingerprint density at radius 1 is 0.846 bits per heavy atom. The first-order valence-corrected chi connectivity index (χ1v) is 11.9. The van der Waals surface area contributed by atoms with E-state index in [0.29, 0.717) is 5.41 Å². The standard InChI is InChI=1S/C26H52/c1-10-14-15-20-26(9,24(8)22(6)17-11-2)25(13-4)23(7)19-16-18-21(5)12-3/h22-25H,5,10-20H2,1-4,6-9H3. The Hall–Kier alpha value is -0.260. The van der Waals surface area contributed by atoms with Crippen LogP contribution < -0.4 is 0 Å². The van der Waals surface area contributed by atoms with Gasteiger partial charge in [-0.2, -0.15) is 0 Å². The zero-order valence-corrected chi connectivity index (χ0v) is 19.8. The molecule has 0 bridgehead atoms. The molecule has 0 amide bonds. The Morgan fingerprint density at radius 2 is 1.50 bits per heavy atom. The lowest BCUT2D eigenvalue weighted by molar-refractivity contribution is 0.0147. The number of allylic oxidation sites excluding steroid dienone is 1. The Labute approximate surface area is 167 Å². The van der Waals surface area contributed by atoms with E-state index in [0.717, 1.165) is 30.1 Å². The van der Waals surface area contributed by atoms with E-state index < -0.39 is 0 Å². The fourth-order valence-corrected chi connectivity index (χ4v) is 5.43. The highest BCUT2D eigenvalue weighted by molar-refractivity contribution is 4.94. The van der Waals surface area contributed by atoms with Crippen LogP contribution in [0.3, 0.4) is 0 Å². The summed E-state index contributed by atoms with van der Waals surface area (Å²) in [4.78, 5) is 0. The fraction of sp³-hybridized carbons (Fsp3) is 0.923. The largest absolute Gasteiger partial charge is 0.0999 e. The van der Waals surface area contributed by atoms with Crippen LogP contribution in [0.5, 0.6) is 0 Å². The van der Waals surface area contributed by atoms with E-state index in [1.54, 1.807) is 0 Å². The molecule has 0 heteroatoms. The van der Waals surface area contributed by atoms with Crippen LogP contribution in [0.2, 0.25) is 0 Å². The monoisotopic (exact) mass is 364 g/mol. The van der Waals surface area contributed by atoms with Gasteiger partial charge in [0.25, 0.3) is 0 Å². The molecule has 0 N–H and O–H groups in total. The van der Waals surface area contributed by atoms with Crippen molar-refractivity contribution in [3.63, 3.8) is 0 Å². The second kappa shape index (κ2) is 13.8. The Bertz CT molecular complexity index is 355. The molecular weight excluding hydrogens is 312 g/mol. The molecule has 0 aliphatic rings. The molecule has 0 aromatic rings. The molecule has 0 aliphatic heterocycles. The summed E-state index contributed by atoms with van der Waals surface area (Å²) in [5, 5.41) is 0. The molecule has 5 atom stereocenters. The Morgan fingerprint density at radius 3 is 2.00 bits per heavy atom. The molecule has 0 nitrogen and oxygen atoms in total. The van der Waals surface area contributed by atoms with E-state index >= 15 is 0 Å². The molecular formula is C26H52. The van der Waals surface area contributed by atoms with E-state index in [-0.39, 0.29) is 0 Å². The first-order valence-electron chi connectivity index (χ1n) is 11.9. The minimum atomic E-state index is 0.486. The third-order valence-electron chi connectivity index (χ3n) is 7.62. The van der Waals surface area contributed by atoms with Crippen molar-refractivity contribution in [2.24, 2.45) is 29.1 Å². The Balaban J connectivity index is 5.21. The predicted octanol–water partition coefficient (Wildman–Crippen LogP) is 9.44. The van der Waals surface area contributed by atoms with Crippen LogP contribution in [-0.4, -0.2) is 0 Å². The van der Waals surface area contributed by atoms with Crippen molar-refractivity contribution in [1.82, 2.24) is 0 Å². The zero-order chi connectivity index (χ0) is 20.2. The van der Waals surface area contributed by atoms with Crippen LogP contribution in [0.4, 0.5) is 0 Å². The maximum atomic E-state index is 4.21. The highest BCUT2D eigenvalue weighted by Gasteiger charge is 2.41. The van der Waals surface area contributed by atoms with Crippen LogP contribution in [0, 0.1) is 29.1 Å². The summed E-state index contributed by atoms with van der Waals surface area (Å²) in [5.41, 5.74) is 1.92. The van der Waals surface area contributed by atoms with Crippen LogP contribution in [0.1, 0.15) is 126 Å². The topological polar surface area (TPSA) is 0 Å². The molecule has 156 valence electrons. The van der Waals surface area contributed by atoms with Crippen LogP contribution in [0.25, 0.3) is 0 Å². The summed E-state index contributed by atoms with van der Waals surface area (Å²) in [6.45, 7) is 23.8. The van der Waals surface area contributed by atoms with Gasteiger partial charge in [0, 0.05) is 0 Å². The van der Waals surface area contributed by atoms with Crippen molar-refractivity contribution >= 4 is 0 Å². The highest BCUT2D eigenvalue weighted by atomic mass is 14.5. The summed E-state index contributed by atoms with van der Waals surface area (Å²) >= 11 is 0. The molecule has 0 aromatic carbocycles. The van der Waals surface area contributed by atoms with Gasteiger partial charge in [0.1, 0.15) is 0 Å². The number of hydrogen-bond acceptors (Lipinski definition) is 0. The van der Waals surface area contributed by atoms with Gasteiger partial charge in [-0.05, 0) is 54.8 Å². The molecule has 0 fully saturated rings. The summed E-state index contributed by atoms with van der Waals surface area (Å²) in [6.07, 6.45) is 14.7. The molecule has 0 heterocycles. The van der Waals surface area contributed by atoms with Crippen molar-refractivity contribution in [1.29, 1.82) is 0 Å². The second-order valence-corrected chi connectivity index (χ2v) is 9.51. The molecule has 26 heavy (non-hydrogen) atoms. The summed E-state index contributed by atoms with van der Waals surface area (Å²) < 4.78 is 0. The van der Waals surface area contributed by atoms with Crippen molar-refractivity contribution < 1.29 is 0 Å². The predicted molar refractivity (Wildman–Crippen MR) is 122 cm³/mol. The van der Waals surface area contributed by atoms with Crippen LogP contribution in [-0.2, 0) is 0 Å². The number of rotatable bonds is 16. The SMILES string of the molecule is C=C(CC)CCCC(C)C(CC)C(C)(CCCCC)C(C)C(C)CCC. The first kappa shape index (κ1) is 25.7. The lowest BCUT2D eigenvalue weighted by atomic mass is 9.57. The molecule has 0 aliphatic carbocycles. The number of unbranched alkanes of at least 4 members (excludes halogenated alkanes) is 2. The quantitative estimate of drug-likeness (QED) is 0.189. The molecule has 5 unspecified atom stereocenters. The Kier molecular flexibility index (Phi) is 13.7. The fourth-order valence-electron chi connectivity index (χ4n) is 5.43. The second-order valence-electron chi connectivity index (χ2n) is 9.51. The average molecular weight is 365 g/mol. The van der Waals surface area contributed by atoms with E-state index in [9.17, 15) is 0 Å². The lowest BCUT2D eigenvalue weighted by Crippen LogP contribution is -2.40. The normalized spacial score (nSPS) is 18.8. The van der Waals surface area contributed by atoms with Crippen molar-refractivity contribution in [2.45, 2.75) is 126 Å². The maximum absolute atomic E-state index is 4.21. The zero-order valence-electron chi connectivity index (χ0n) is 19.8. The minimum absolute atomic E-state index is 0.486. The first-order chi connectivity index (χ1) is 12.3. The van der Waals surface area contributed by atoms with Gasteiger partial charge < -0.3 is 0 Å². The third-order valence-corrected chi connectivity index (χ3v) is 7.62. The van der Waals surface area contributed by atoms with Crippen LogP contribution >= 0.6 is 0 Å². The van der Waals surface area contributed by atoms with Gasteiger partial charge in [-0.15, -0.1) is 0 Å². The lowest BCUT2D eigenvalue weighted by Gasteiger charge is -2.48. The van der Waals surface area contributed by atoms with Gasteiger partial charge in [-0.25, -0.2) is 0 Å². The van der Waals surface area contributed by atoms with Crippen molar-refractivity contribution in [3.05, 3.63) is 12.2 Å². The number of hydrogen-bond donors (Lipinski definition) is 0. The van der Waals surface area contributed by atoms with E-state index in [4.69, 9.17) is 0 Å². The molecule has 0 spiro atoms. The van der Waals surface area contributed by atoms with Gasteiger partial charge in [0.2, 0.25) is 0 Å². The average Bonchev–Trinajstić information content (AvgIpc) is 2.61. The third kappa shape index (κ3) is 8.18. The van der Waals surface area contributed by atoms with Gasteiger partial charge in [0.05, 0.1) is 0 Å². The maximum Gasteiger partial charge on any atom is -0.0267 e. The highest BCUT2D eigenvalue weighted by Crippen LogP contribution is 2.49. The van der Waals surface area contributed by atoms with Crippen LogP contribution in [0.15, 0.2) is 12.2 Å². The van der Waals surface area contributed by atoms with Crippen molar-refractivity contribution in [3.8, 4) is 0 Å². The summed E-state index contributed by atoms with van der Waals surface area (Å²) in [5.74, 6) is 3.33. The summed E-state index contributed by atoms with van der Waals surface area (Å²) in [7, 11) is 0. The molecule has 0 saturated heterocycles. The smallest absolute Gasteiger partial charge is 0.0267 e. The van der Waals surface area contributed by atoms with E-state index in [1.165, 1.54) is 69.8 Å². The van der Waals surface area contributed by atoms with Gasteiger partial charge in [-0.1, -0.05) is 112 Å².